The van der Waals surface area contributed by atoms with E-state index >= 15 is 0 Å². The lowest BCUT2D eigenvalue weighted by Crippen LogP contribution is -2.33. The van der Waals surface area contributed by atoms with Crippen molar-refractivity contribution in [3.05, 3.63) is 35.4 Å². The molecule has 3 nitrogen and oxygen atoms in total. The van der Waals surface area contributed by atoms with E-state index in [1.54, 1.807) is 11.8 Å². The lowest BCUT2D eigenvalue weighted by Gasteiger charge is -2.15. The largest absolute Gasteiger partial charge is 0.480 e. The molecule has 1 unspecified atom stereocenters. The van der Waals surface area contributed by atoms with E-state index in [2.05, 4.69) is 23.5 Å². The molecule has 17 heavy (non-hydrogen) atoms. The smallest absolute Gasteiger partial charge is 0.321 e. The van der Waals surface area contributed by atoms with E-state index in [0.717, 1.165) is 0 Å². The Kier molecular flexibility index (Phi) is 2.84. The molecular weight excluding hydrogens is 234 g/mol. The summed E-state index contributed by atoms with van der Waals surface area (Å²) in [4.78, 5) is 10.9. The zero-order valence-corrected chi connectivity index (χ0v) is 10.2. The van der Waals surface area contributed by atoms with Crippen molar-refractivity contribution < 1.29 is 9.90 Å². The molecule has 90 valence electrons. The molecule has 0 bridgehead atoms. The van der Waals surface area contributed by atoms with Crippen LogP contribution in [0, 0.1) is 0 Å². The lowest BCUT2D eigenvalue weighted by atomic mass is 10.0. The summed E-state index contributed by atoms with van der Waals surface area (Å²) in [5.41, 5.74) is 2.69. The van der Waals surface area contributed by atoms with Crippen molar-refractivity contribution in [1.82, 2.24) is 5.32 Å². The molecule has 1 aliphatic heterocycles. The van der Waals surface area contributed by atoms with E-state index in [9.17, 15) is 4.79 Å². The first-order valence-corrected chi connectivity index (χ1v) is 7.00. The summed E-state index contributed by atoms with van der Waals surface area (Å²) in [6.45, 7) is 0. The highest BCUT2D eigenvalue weighted by Gasteiger charge is 2.34. The molecule has 1 aromatic rings. The first-order valence-electron chi connectivity index (χ1n) is 5.95. The van der Waals surface area contributed by atoms with Crippen molar-refractivity contribution >= 4 is 17.7 Å². The number of hydrogen-bond acceptors (Lipinski definition) is 3. The van der Waals surface area contributed by atoms with Gasteiger partial charge in [-0.25, -0.2) is 0 Å². The molecule has 0 spiro atoms. The van der Waals surface area contributed by atoms with E-state index in [-0.39, 0.29) is 5.37 Å². The van der Waals surface area contributed by atoms with Gasteiger partial charge in [-0.2, -0.15) is 0 Å². The standard InChI is InChI=1S/C13H15NO2S/c15-13(16)11-7-17-12(14-11)10-4-2-1-3-9(10)8-5-6-8/h1-4,8,11-12,14H,5-7H2,(H,15,16)/t11-,12?/m0/s1. The summed E-state index contributed by atoms with van der Waals surface area (Å²) in [6, 6.07) is 8.02. The molecule has 2 aliphatic rings. The van der Waals surface area contributed by atoms with Crippen LogP contribution in [0.15, 0.2) is 24.3 Å². The fraction of sp³-hybridized carbons (Fsp3) is 0.462. The number of nitrogens with one attached hydrogen (secondary N) is 1. The number of carboxylic acids is 1. The van der Waals surface area contributed by atoms with E-state index in [4.69, 9.17) is 5.11 Å². The molecular formula is C13H15NO2S. The zero-order valence-electron chi connectivity index (χ0n) is 9.43. The Morgan fingerprint density at radius 1 is 1.29 bits per heavy atom. The first kappa shape index (κ1) is 11.1. The third-order valence-corrected chi connectivity index (χ3v) is 4.63. The second kappa shape index (κ2) is 4.35. The Morgan fingerprint density at radius 3 is 2.59 bits per heavy atom. The van der Waals surface area contributed by atoms with Gasteiger partial charge in [0.2, 0.25) is 0 Å². The maximum atomic E-state index is 10.9. The number of benzene rings is 1. The maximum Gasteiger partial charge on any atom is 0.321 e. The molecule has 1 aromatic carbocycles. The van der Waals surface area contributed by atoms with Gasteiger partial charge in [0.15, 0.2) is 0 Å². The van der Waals surface area contributed by atoms with Gasteiger partial charge in [0.05, 0.1) is 5.37 Å². The minimum absolute atomic E-state index is 0.146. The van der Waals surface area contributed by atoms with Crippen molar-refractivity contribution in [3.8, 4) is 0 Å². The van der Waals surface area contributed by atoms with Crippen LogP contribution in [0.25, 0.3) is 0 Å². The van der Waals surface area contributed by atoms with Gasteiger partial charge in [-0.15, -0.1) is 11.8 Å². The van der Waals surface area contributed by atoms with Crippen LogP contribution < -0.4 is 5.32 Å². The molecule has 0 radical (unpaired) electrons. The van der Waals surface area contributed by atoms with E-state index in [0.29, 0.717) is 11.7 Å². The fourth-order valence-corrected chi connectivity index (χ4v) is 3.59. The molecule has 0 aromatic heterocycles. The molecule has 1 aliphatic carbocycles. The number of thioether (sulfide) groups is 1. The van der Waals surface area contributed by atoms with Crippen LogP contribution in [-0.4, -0.2) is 22.9 Å². The van der Waals surface area contributed by atoms with Gasteiger partial charge < -0.3 is 5.11 Å². The molecule has 0 amide bonds. The summed E-state index contributed by atoms with van der Waals surface area (Å²) in [7, 11) is 0. The second-order valence-corrected chi connectivity index (χ2v) is 5.81. The minimum atomic E-state index is -0.746. The second-order valence-electron chi connectivity index (χ2n) is 4.67. The highest BCUT2D eigenvalue weighted by Crippen LogP contribution is 2.45. The highest BCUT2D eigenvalue weighted by atomic mass is 32.2. The number of carboxylic acid groups (broad SMARTS) is 1. The van der Waals surface area contributed by atoms with Crippen LogP contribution in [0.5, 0.6) is 0 Å². The van der Waals surface area contributed by atoms with Crippen molar-refractivity contribution in [1.29, 1.82) is 0 Å². The van der Waals surface area contributed by atoms with Gasteiger partial charge in [0, 0.05) is 5.75 Å². The summed E-state index contributed by atoms with van der Waals surface area (Å²) >= 11 is 1.70. The topological polar surface area (TPSA) is 49.3 Å². The van der Waals surface area contributed by atoms with Gasteiger partial charge in [-0.1, -0.05) is 24.3 Å². The predicted octanol–water partition coefficient (Wildman–Crippen LogP) is 2.35. The van der Waals surface area contributed by atoms with Crippen molar-refractivity contribution in [2.45, 2.75) is 30.2 Å². The Balaban J connectivity index is 1.82. The molecule has 2 atom stereocenters. The van der Waals surface area contributed by atoms with E-state index < -0.39 is 12.0 Å². The maximum absolute atomic E-state index is 10.9. The van der Waals surface area contributed by atoms with Gasteiger partial charge in [0.1, 0.15) is 6.04 Å². The van der Waals surface area contributed by atoms with Gasteiger partial charge in [0.25, 0.3) is 0 Å². The first-order chi connectivity index (χ1) is 8.25. The minimum Gasteiger partial charge on any atom is -0.480 e. The summed E-state index contributed by atoms with van der Waals surface area (Å²) in [5, 5.41) is 12.3. The SMILES string of the molecule is O=C(O)[C@@H]1CSC(c2ccccc2C2CC2)N1. The lowest BCUT2D eigenvalue weighted by molar-refractivity contribution is -0.138. The average molecular weight is 249 g/mol. The molecule has 2 fully saturated rings. The molecule has 2 N–H and O–H groups in total. The quantitative estimate of drug-likeness (QED) is 0.863. The van der Waals surface area contributed by atoms with E-state index in [1.165, 1.54) is 24.0 Å². The molecule has 1 saturated carbocycles. The zero-order chi connectivity index (χ0) is 11.8. The number of aliphatic carboxylic acids is 1. The van der Waals surface area contributed by atoms with Crippen LogP contribution in [0.1, 0.15) is 35.3 Å². The van der Waals surface area contributed by atoms with Crippen LogP contribution in [0.3, 0.4) is 0 Å². The normalized spacial score (nSPS) is 28.2. The Bertz CT molecular complexity index is 445. The van der Waals surface area contributed by atoms with Gasteiger partial charge in [-0.3, -0.25) is 10.1 Å². The van der Waals surface area contributed by atoms with Crippen LogP contribution in [0.2, 0.25) is 0 Å². The van der Waals surface area contributed by atoms with Crippen LogP contribution >= 0.6 is 11.8 Å². The Labute approximate surface area is 105 Å². The molecule has 4 heteroatoms. The summed E-state index contributed by atoms with van der Waals surface area (Å²) in [5.74, 6) is 0.611. The average Bonchev–Trinajstić information content (AvgIpc) is 3.06. The summed E-state index contributed by atoms with van der Waals surface area (Å²) in [6.07, 6.45) is 2.55. The van der Waals surface area contributed by atoms with Crippen LogP contribution in [0.4, 0.5) is 0 Å². The van der Waals surface area contributed by atoms with Crippen molar-refractivity contribution in [2.24, 2.45) is 0 Å². The Hall–Kier alpha value is -1.00. The molecule has 3 rings (SSSR count). The molecule has 1 saturated heterocycles. The van der Waals surface area contributed by atoms with E-state index in [1.807, 2.05) is 6.07 Å². The summed E-state index contributed by atoms with van der Waals surface area (Å²) < 4.78 is 0. The molecule has 1 heterocycles. The fourth-order valence-electron chi connectivity index (χ4n) is 2.31. The highest BCUT2D eigenvalue weighted by molar-refractivity contribution is 7.99. The predicted molar refractivity (Wildman–Crippen MR) is 68.2 cm³/mol. The van der Waals surface area contributed by atoms with Crippen molar-refractivity contribution in [3.63, 3.8) is 0 Å². The third-order valence-electron chi connectivity index (χ3n) is 3.38. The van der Waals surface area contributed by atoms with Gasteiger partial charge in [-0.05, 0) is 29.9 Å². The third kappa shape index (κ3) is 2.19. The monoisotopic (exact) mass is 249 g/mol. The number of carbonyl (C=O) groups is 1. The number of hydrogen-bond donors (Lipinski definition) is 2. The van der Waals surface area contributed by atoms with Crippen LogP contribution in [-0.2, 0) is 4.79 Å². The van der Waals surface area contributed by atoms with Gasteiger partial charge >= 0.3 is 5.97 Å². The van der Waals surface area contributed by atoms with Crippen molar-refractivity contribution in [2.75, 3.05) is 5.75 Å². The number of rotatable bonds is 3. The Morgan fingerprint density at radius 2 is 2.00 bits per heavy atom.